The zero-order chi connectivity index (χ0) is 16.4. The Bertz CT molecular complexity index is 720. The van der Waals surface area contributed by atoms with Crippen molar-refractivity contribution < 1.29 is 9.18 Å². The van der Waals surface area contributed by atoms with E-state index in [0.717, 1.165) is 19.5 Å². The minimum atomic E-state index is -0.597. The molecule has 1 amide bonds. The van der Waals surface area contributed by atoms with Gasteiger partial charge in [-0.25, -0.2) is 9.07 Å². The Morgan fingerprint density at radius 3 is 3.09 bits per heavy atom. The lowest BCUT2D eigenvalue weighted by Crippen LogP contribution is -2.30. The van der Waals surface area contributed by atoms with Crippen molar-refractivity contribution in [1.29, 1.82) is 0 Å². The predicted molar refractivity (Wildman–Crippen MR) is 84.3 cm³/mol. The van der Waals surface area contributed by atoms with Gasteiger partial charge in [-0.1, -0.05) is 22.9 Å². The van der Waals surface area contributed by atoms with E-state index in [2.05, 4.69) is 27.6 Å². The predicted octanol–water partition coefficient (Wildman–Crippen LogP) is 1.74. The van der Waals surface area contributed by atoms with Gasteiger partial charge in [-0.3, -0.25) is 4.79 Å². The molecule has 1 atom stereocenters. The Morgan fingerprint density at radius 1 is 1.52 bits per heavy atom. The maximum absolute atomic E-state index is 14.0. The molecule has 0 bridgehead atoms. The van der Waals surface area contributed by atoms with Gasteiger partial charge in [0.05, 0.1) is 11.2 Å². The summed E-state index contributed by atoms with van der Waals surface area (Å²) in [5, 5.41) is 10.5. The van der Waals surface area contributed by atoms with Crippen molar-refractivity contribution in [1.82, 2.24) is 25.2 Å². The van der Waals surface area contributed by atoms with Gasteiger partial charge in [0, 0.05) is 13.1 Å². The first kappa shape index (κ1) is 15.9. The van der Waals surface area contributed by atoms with Crippen molar-refractivity contribution in [2.75, 3.05) is 26.7 Å². The van der Waals surface area contributed by atoms with Crippen LogP contribution in [0.4, 0.5) is 4.39 Å². The lowest BCUT2D eigenvalue weighted by Gasteiger charge is -2.10. The van der Waals surface area contributed by atoms with Crippen LogP contribution in [0.1, 0.15) is 16.9 Å². The number of carbonyl (C=O) groups is 1. The largest absolute Gasteiger partial charge is 0.350 e. The molecule has 1 aromatic carbocycles. The van der Waals surface area contributed by atoms with E-state index >= 15 is 0 Å². The molecule has 6 nitrogen and oxygen atoms in total. The van der Waals surface area contributed by atoms with Crippen molar-refractivity contribution >= 4 is 17.5 Å². The molecular formula is C15H17ClFN5O. The summed E-state index contributed by atoms with van der Waals surface area (Å²) in [6.45, 7) is 2.62. The molecule has 1 aliphatic heterocycles. The summed E-state index contributed by atoms with van der Waals surface area (Å²) in [6, 6.07) is 4.58. The molecule has 8 heteroatoms. The molecule has 2 heterocycles. The van der Waals surface area contributed by atoms with Crippen LogP contribution >= 0.6 is 11.6 Å². The molecule has 1 fully saturated rings. The van der Waals surface area contributed by atoms with Gasteiger partial charge in [-0.2, -0.15) is 0 Å². The van der Waals surface area contributed by atoms with Gasteiger partial charge in [0.25, 0.3) is 5.91 Å². The average Bonchev–Trinajstić information content (AvgIpc) is 3.17. The van der Waals surface area contributed by atoms with E-state index in [1.54, 1.807) is 6.07 Å². The number of nitrogens with zero attached hydrogens (tertiary/aromatic N) is 4. The number of rotatable bonds is 4. The number of aromatic nitrogens is 3. The third-order valence-corrected chi connectivity index (χ3v) is 4.24. The van der Waals surface area contributed by atoms with Crippen LogP contribution in [0.5, 0.6) is 0 Å². The number of carbonyl (C=O) groups excluding carboxylic acids is 1. The average molecular weight is 338 g/mol. The van der Waals surface area contributed by atoms with Crippen molar-refractivity contribution in [3.63, 3.8) is 0 Å². The summed E-state index contributed by atoms with van der Waals surface area (Å²) >= 11 is 5.75. The molecule has 1 aromatic heterocycles. The van der Waals surface area contributed by atoms with Gasteiger partial charge < -0.3 is 10.2 Å². The minimum Gasteiger partial charge on any atom is -0.350 e. The van der Waals surface area contributed by atoms with Crippen LogP contribution in [-0.4, -0.2) is 52.5 Å². The lowest BCUT2D eigenvalue weighted by molar-refractivity contribution is 0.0942. The Kier molecular flexibility index (Phi) is 4.58. The highest BCUT2D eigenvalue weighted by atomic mass is 35.5. The quantitative estimate of drug-likeness (QED) is 0.923. The summed E-state index contributed by atoms with van der Waals surface area (Å²) in [4.78, 5) is 14.4. The van der Waals surface area contributed by atoms with Gasteiger partial charge in [0.2, 0.25) is 0 Å². The second-order valence-electron chi connectivity index (χ2n) is 5.75. The Hall–Kier alpha value is -1.99. The molecule has 1 saturated heterocycles. The molecule has 0 radical (unpaired) electrons. The van der Waals surface area contributed by atoms with E-state index in [9.17, 15) is 9.18 Å². The van der Waals surface area contributed by atoms with Gasteiger partial charge in [-0.05, 0) is 38.1 Å². The topological polar surface area (TPSA) is 63.1 Å². The second kappa shape index (κ2) is 6.64. The van der Waals surface area contributed by atoms with Crippen LogP contribution in [-0.2, 0) is 0 Å². The number of amides is 1. The summed E-state index contributed by atoms with van der Waals surface area (Å²) in [7, 11) is 2.06. The van der Waals surface area contributed by atoms with E-state index in [1.165, 1.54) is 23.0 Å². The Balaban J connectivity index is 1.66. The molecule has 2 aromatic rings. The molecule has 23 heavy (non-hydrogen) atoms. The van der Waals surface area contributed by atoms with E-state index in [0.29, 0.717) is 12.5 Å². The van der Waals surface area contributed by atoms with E-state index in [4.69, 9.17) is 11.6 Å². The number of hydrogen-bond donors (Lipinski definition) is 1. The van der Waals surface area contributed by atoms with Crippen LogP contribution in [0.15, 0.2) is 24.4 Å². The highest BCUT2D eigenvalue weighted by Gasteiger charge is 2.21. The zero-order valence-corrected chi connectivity index (χ0v) is 13.4. The molecule has 0 aliphatic carbocycles. The first-order valence-corrected chi connectivity index (χ1v) is 7.76. The number of hydrogen-bond acceptors (Lipinski definition) is 4. The van der Waals surface area contributed by atoms with Gasteiger partial charge >= 0.3 is 0 Å². The maximum Gasteiger partial charge on any atom is 0.273 e. The first-order valence-electron chi connectivity index (χ1n) is 7.38. The summed E-state index contributed by atoms with van der Waals surface area (Å²) in [5.41, 5.74) is 0.303. The van der Waals surface area contributed by atoms with Crippen molar-refractivity contribution in [2.24, 2.45) is 5.92 Å². The summed E-state index contributed by atoms with van der Waals surface area (Å²) in [5.74, 6) is -0.461. The molecule has 122 valence electrons. The van der Waals surface area contributed by atoms with Crippen LogP contribution in [0.2, 0.25) is 5.02 Å². The highest BCUT2D eigenvalue weighted by Crippen LogP contribution is 2.20. The first-order chi connectivity index (χ1) is 11.0. The van der Waals surface area contributed by atoms with E-state index in [1.807, 2.05) is 0 Å². The molecule has 1 N–H and O–H groups in total. The zero-order valence-electron chi connectivity index (χ0n) is 12.7. The second-order valence-corrected chi connectivity index (χ2v) is 6.16. The third kappa shape index (κ3) is 3.51. The summed E-state index contributed by atoms with van der Waals surface area (Å²) in [6.07, 6.45) is 2.46. The monoisotopic (exact) mass is 337 g/mol. The van der Waals surface area contributed by atoms with E-state index in [-0.39, 0.29) is 22.3 Å². The standard InChI is InChI=1S/C15H17ClFN5O/c1-21-6-5-10(8-21)7-18-15(23)12-9-22(20-19-12)13-4-2-3-11(16)14(13)17/h2-4,9-10H,5-8H2,1H3,(H,18,23). The Labute approximate surface area is 138 Å². The molecule has 3 rings (SSSR count). The number of halogens is 2. The smallest absolute Gasteiger partial charge is 0.273 e. The molecule has 0 spiro atoms. The third-order valence-electron chi connectivity index (χ3n) is 3.94. The number of likely N-dealkylation sites (tertiary alicyclic amines) is 1. The molecule has 1 aliphatic rings. The van der Waals surface area contributed by atoms with Gasteiger partial charge in [0.15, 0.2) is 11.5 Å². The molecule has 0 saturated carbocycles. The fourth-order valence-corrected chi connectivity index (χ4v) is 2.85. The fourth-order valence-electron chi connectivity index (χ4n) is 2.68. The van der Waals surface area contributed by atoms with Crippen LogP contribution in [0, 0.1) is 11.7 Å². The molecule has 1 unspecified atom stereocenters. The van der Waals surface area contributed by atoms with Crippen molar-refractivity contribution in [2.45, 2.75) is 6.42 Å². The van der Waals surface area contributed by atoms with E-state index < -0.39 is 5.82 Å². The van der Waals surface area contributed by atoms with Crippen LogP contribution in [0.25, 0.3) is 5.69 Å². The number of benzene rings is 1. The normalized spacial score (nSPS) is 18.3. The lowest BCUT2D eigenvalue weighted by atomic mass is 10.1. The Morgan fingerprint density at radius 2 is 2.35 bits per heavy atom. The van der Waals surface area contributed by atoms with Crippen molar-refractivity contribution in [3.8, 4) is 5.69 Å². The van der Waals surface area contributed by atoms with Crippen LogP contribution in [0.3, 0.4) is 0 Å². The maximum atomic E-state index is 14.0. The van der Waals surface area contributed by atoms with Crippen LogP contribution < -0.4 is 5.32 Å². The SMILES string of the molecule is CN1CCC(CNC(=O)c2cn(-c3cccc(Cl)c3F)nn2)C1. The fraction of sp³-hybridized carbons (Fsp3) is 0.400. The minimum absolute atomic E-state index is 0.00523. The van der Waals surface area contributed by atoms with Crippen molar-refractivity contribution in [3.05, 3.63) is 40.9 Å². The van der Waals surface area contributed by atoms with Gasteiger partial charge in [-0.15, -0.1) is 5.10 Å². The molecular weight excluding hydrogens is 321 g/mol. The number of nitrogens with one attached hydrogen (secondary N) is 1. The van der Waals surface area contributed by atoms with Gasteiger partial charge in [0.1, 0.15) is 5.69 Å². The summed E-state index contributed by atoms with van der Waals surface area (Å²) < 4.78 is 15.2. The highest BCUT2D eigenvalue weighted by molar-refractivity contribution is 6.30.